The summed E-state index contributed by atoms with van der Waals surface area (Å²) in [5.41, 5.74) is 2.27. The standard InChI is InChI=1S/C18H25Cl2N/c1-2-9-21-13-18(11-17(12-18)7-3-4-8-17)14-5-6-15(19)16(20)10-14/h5-6,10,21H,2-4,7-9,11-13H2,1H3. The molecular formula is C18H25Cl2N. The first-order valence-electron chi connectivity index (χ1n) is 8.26. The fraction of sp³-hybridized carbons (Fsp3) is 0.667. The minimum atomic E-state index is 0.272. The quantitative estimate of drug-likeness (QED) is 0.696. The van der Waals surface area contributed by atoms with Crippen molar-refractivity contribution < 1.29 is 0 Å². The van der Waals surface area contributed by atoms with Crippen LogP contribution in [-0.2, 0) is 5.41 Å². The minimum absolute atomic E-state index is 0.272. The van der Waals surface area contributed by atoms with Crippen LogP contribution >= 0.6 is 23.2 Å². The average Bonchev–Trinajstić information content (AvgIpc) is 2.90. The molecule has 2 fully saturated rings. The smallest absolute Gasteiger partial charge is 0.0595 e. The van der Waals surface area contributed by atoms with Crippen molar-refractivity contribution in [2.45, 2.75) is 57.3 Å². The number of hydrogen-bond donors (Lipinski definition) is 1. The van der Waals surface area contributed by atoms with Gasteiger partial charge < -0.3 is 5.32 Å². The molecule has 2 aliphatic carbocycles. The SMILES string of the molecule is CCCNCC1(c2ccc(Cl)c(Cl)c2)CC2(CCCC2)C1. The number of nitrogens with one attached hydrogen (secondary N) is 1. The first-order valence-corrected chi connectivity index (χ1v) is 9.01. The van der Waals surface area contributed by atoms with Crippen molar-refractivity contribution >= 4 is 23.2 Å². The Labute approximate surface area is 138 Å². The number of halogens is 2. The van der Waals surface area contributed by atoms with Gasteiger partial charge in [0.15, 0.2) is 0 Å². The Morgan fingerprint density at radius 3 is 2.43 bits per heavy atom. The van der Waals surface area contributed by atoms with Crippen molar-refractivity contribution in [1.82, 2.24) is 5.32 Å². The minimum Gasteiger partial charge on any atom is -0.316 e. The highest BCUT2D eigenvalue weighted by molar-refractivity contribution is 6.42. The van der Waals surface area contributed by atoms with Crippen LogP contribution in [0.1, 0.15) is 57.4 Å². The molecule has 1 aromatic rings. The van der Waals surface area contributed by atoms with E-state index in [2.05, 4.69) is 24.4 Å². The highest BCUT2D eigenvalue weighted by Gasteiger charge is 2.55. The summed E-state index contributed by atoms with van der Waals surface area (Å²) < 4.78 is 0. The third-order valence-electron chi connectivity index (χ3n) is 5.51. The van der Waals surface area contributed by atoms with Crippen LogP contribution in [-0.4, -0.2) is 13.1 Å². The first-order chi connectivity index (χ1) is 10.1. The zero-order valence-electron chi connectivity index (χ0n) is 12.9. The Kier molecular flexibility index (Phi) is 4.55. The summed E-state index contributed by atoms with van der Waals surface area (Å²) in [6, 6.07) is 6.24. The second-order valence-electron chi connectivity index (χ2n) is 7.15. The van der Waals surface area contributed by atoms with E-state index in [9.17, 15) is 0 Å². The zero-order chi connectivity index (χ0) is 14.9. The molecule has 1 aromatic carbocycles. The molecule has 0 radical (unpaired) electrons. The Hall–Kier alpha value is -0.240. The number of hydrogen-bond acceptors (Lipinski definition) is 1. The van der Waals surface area contributed by atoms with Gasteiger partial charge in [-0.3, -0.25) is 0 Å². The second kappa shape index (κ2) is 6.10. The monoisotopic (exact) mass is 325 g/mol. The molecule has 0 aliphatic heterocycles. The Bertz CT molecular complexity index is 498. The molecule has 0 bridgehead atoms. The molecule has 0 saturated heterocycles. The van der Waals surface area contributed by atoms with E-state index in [0.717, 1.165) is 13.1 Å². The summed E-state index contributed by atoms with van der Waals surface area (Å²) in [7, 11) is 0. The third kappa shape index (κ3) is 2.98. The summed E-state index contributed by atoms with van der Waals surface area (Å²) >= 11 is 12.4. The Morgan fingerprint density at radius 2 is 1.81 bits per heavy atom. The molecular weight excluding hydrogens is 301 g/mol. The summed E-state index contributed by atoms with van der Waals surface area (Å²) in [4.78, 5) is 0. The van der Waals surface area contributed by atoms with Crippen LogP contribution in [0.3, 0.4) is 0 Å². The third-order valence-corrected chi connectivity index (χ3v) is 6.25. The topological polar surface area (TPSA) is 12.0 Å². The van der Waals surface area contributed by atoms with Crippen LogP contribution in [0.25, 0.3) is 0 Å². The highest BCUT2D eigenvalue weighted by atomic mass is 35.5. The molecule has 3 rings (SSSR count). The molecule has 0 unspecified atom stereocenters. The lowest BCUT2D eigenvalue weighted by Gasteiger charge is -2.56. The van der Waals surface area contributed by atoms with E-state index in [0.29, 0.717) is 15.5 Å². The van der Waals surface area contributed by atoms with Gasteiger partial charge in [-0.2, -0.15) is 0 Å². The maximum absolute atomic E-state index is 6.26. The van der Waals surface area contributed by atoms with Crippen LogP contribution < -0.4 is 5.32 Å². The molecule has 116 valence electrons. The van der Waals surface area contributed by atoms with Gasteiger partial charge in [-0.25, -0.2) is 0 Å². The van der Waals surface area contributed by atoms with E-state index in [1.165, 1.54) is 50.5 Å². The van der Waals surface area contributed by atoms with Gasteiger partial charge >= 0.3 is 0 Å². The van der Waals surface area contributed by atoms with E-state index < -0.39 is 0 Å². The Morgan fingerprint density at radius 1 is 1.10 bits per heavy atom. The van der Waals surface area contributed by atoms with Crippen LogP contribution in [0, 0.1) is 5.41 Å². The lowest BCUT2D eigenvalue weighted by Crippen LogP contribution is -2.53. The second-order valence-corrected chi connectivity index (χ2v) is 7.96. The predicted molar refractivity (Wildman–Crippen MR) is 91.4 cm³/mol. The van der Waals surface area contributed by atoms with E-state index in [1.807, 2.05) is 6.07 Å². The first kappa shape index (κ1) is 15.6. The molecule has 3 heteroatoms. The van der Waals surface area contributed by atoms with Gasteiger partial charge in [-0.15, -0.1) is 0 Å². The van der Waals surface area contributed by atoms with Crippen molar-refractivity contribution in [3.8, 4) is 0 Å². The van der Waals surface area contributed by atoms with E-state index in [4.69, 9.17) is 23.2 Å². The van der Waals surface area contributed by atoms with E-state index in [1.54, 1.807) is 0 Å². The fourth-order valence-electron chi connectivity index (χ4n) is 4.62. The molecule has 0 atom stereocenters. The average molecular weight is 326 g/mol. The normalized spacial score (nSPS) is 22.4. The molecule has 2 aliphatic rings. The van der Waals surface area contributed by atoms with Crippen molar-refractivity contribution in [3.05, 3.63) is 33.8 Å². The Balaban J connectivity index is 1.81. The predicted octanol–water partition coefficient (Wildman–Crippen LogP) is 5.59. The van der Waals surface area contributed by atoms with Gasteiger partial charge in [0.25, 0.3) is 0 Å². The zero-order valence-corrected chi connectivity index (χ0v) is 14.4. The summed E-state index contributed by atoms with van der Waals surface area (Å²) in [6.45, 7) is 4.38. The van der Waals surface area contributed by atoms with E-state index >= 15 is 0 Å². The van der Waals surface area contributed by atoms with Crippen LogP contribution in [0.4, 0.5) is 0 Å². The molecule has 21 heavy (non-hydrogen) atoms. The van der Waals surface area contributed by atoms with E-state index in [-0.39, 0.29) is 5.41 Å². The number of rotatable bonds is 5. The van der Waals surface area contributed by atoms with Gasteiger partial charge in [0.2, 0.25) is 0 Å². The fourth-order valence-corrected chi connectivity index (χ4v) is 4.92. The molecule has 0 heterocycles. The molecule has 1 nitrogen and oxygen atoms in total. The van der Waals surface area contributed by atoms with Gasteiger partial charge in [-0.05, 0) is 61.8 Å². The molecule has 2 saturated carbocycles. The summed E-state index contributed by atoms with van der Waals surface area (Å²) in [5, 5.41) is 4.99. The van der Waals surface area contributed by atoms with Gasteiger partial charge in [0.05, 0.1) is 10.0 Å². The maximum Gasteiger partial charge on any atom is 0.0595 e. The van der Waals surface area contributed by atoms with Crippen LogP contribution in [0.15, 0.2) is 18.2 Å². The summed E-state index contributed by atoms with van der Waals surface area (Å²) in [6.07, 6.45) is 9.49. The van der Waals surface area contributed by atoms with Crippen LogP contribution in [0.5, 0.6) is 0 Å². The van der Waals surface area contributed by atoms with Gasteiger partial charge in [0.1, 0.15) is 0 Å². The highest BCUT2D eigenvalue weighted by Crippen LogP contribution is 2.62. The van der Waals surface area contributed by atoms with Gasteiger partial charge in [-0.1, -0.05) is 49.0 Å². The van der Waals surface area contributed by atoms with Gasteiger partial charge in [0, 0.05) is 12.0 Å². The largest absolute Gasteiger partial charge is 0.316 e. The number of benzene rings is 1. The lowest BCUT2D eigenvalue weighted by atomic mass is 9.49. The van der Waals surface area contributed by atoms with Crippen molar-refractivity contribution in [2.24, 2.45) is 5.41 Å². The van der Waals surface area contributed by atoms with Crippen molar-refractivity contribution in [2.75, 3.05) is 13.1 Å². The van der Waals surface area contributed by atoms with Crippen molar-refractivity contribution in [1.29, 1.82) is 0 Å². The lowest BCUT2D eigenvalue weighted by molar-refractivity contribution is 0.0271. The molecule has 1 N–H and O–H groups in total. The maximum atomic E-state index is 6.26. The molecule has 0 aromatic heterocycles. The van der Waals surface area contributed by atoms with Crippen LogP contribution in [0.2, 0.25) is 10.0 Å². The molecule has 0 amide bonds. The molecule has 1 spiro atoms. The van der Waals surface area contributed by atoms with Crippen molar-refractivity contribution in [3.63, 3.8) is 0 Å². The summed E-state index contributed by atoms with van der Waals surface area (Å²) in [5.74, 6) is 0.